The van der Waals surface area contributed by atoms with E-state index in [9.17, 15) is 9.90 Å². The van der Waals surface area contributed by atoms with Crippen LogP contribution in [0.3, 0.4) is 0 Å². The van der Waals surface area contributed by atoms with Crippen LogP contribution in [0.2, 0.25) is 0 Å². The number of anilines is 3. The van der Waals surface area contributed by atoms with E-state index in [0.717, 1.165) is 27.9 Å². The number of nitrogen functional groups attached to an aromatic ring is 2. The molecule has 1 aliphatic carbocycles. The van der Waals surface area contributed by atoms with Gasteiger partial charge in [-0.05, 0) is 88.1 Å². The zero-order valence-electron chi connectivity index (χ0n) is 18.3. The average Bonchev–Trinajstić information content (AvgIpc) is 2.72. The van der Waals surface area contributed by atoms with E-state index in [1.54, 1.807) is 19.9 Å². The molecule has 156 valence electrons. The van der Waals surface area contributed by atoms with Gasteiger partial charge in [0.15, 0.2) is 0 Å². The Morgan fingerprint density at radius 2 is 1.37 bits per heavy atom. The minimum absolute atomic E-state index is 0.109. The maximum absolute atomic E-state index is 12.9. The highest BCUT2D eigenvalue weighted by atomic mass is 16.3. The molecular weight excluding hydrogens is 376 g/mol. The maximum Gasteiger partial charge on any atom is 0.209 e. The lowest BCUT2D eigenvalue weighted by molar-refractivity contribution is -0.112. The van der Waals surface area contributed by atoms with Crippen LogP contribution in [-0.4, -0.2) is 16.6 Å². The van der Waals surface area contributed by atoms with Gasteiger partial charge in [0.1, 0.15) is 11.5 Å². The molecule has 0 bridgehead atoms. The van der Waals surface area contributed by atoms with Crippen LogP contribution in [0.5, 0.6) is 0 Å². The lowest BCUT2D eigenvalue weighted by Crippen LogP contribution is -2.26. The first-order valence-corrected chi connectivity index (χ1v) is 9.77. The van der Waals surface area contributed by atoms with E-state index in [2.05, 4.69) is 5.32 Å². The number of allylic oxidation sites excluding steroid dienone is 2. The van der Waals surface area contributed by atoms with Crippen molar-refractivity contribution in [3.05, 3.63) is 69.1 Å². The smallest absolute Gasteiger partial charge is 0.209 e. The molecule has 0 fully saturated rings. The Morgan fingerprint density at radius 1 is 0.800 bits per heavy atom. The molecule has 2 aromatic rings. The number of ketones is 1. The predicted octanol–water partition coefficient (Wildman–Crippen LogP) is 4.96. The van der Waals surface area contributed by atoms with Crippen LogP contribution in [0, 0.1) is 27.7 Å². The molecular formula is C24H28N4O2. The fraction of sp³-hybridized carbons (Fsp3) is 0.250. The molecule has 0 saturated carbocycles. The molecule has 2 aromatic carbocycles. The molecule has 1 aliphatic rings. The molecule has 0 aromatic heterocycles. The molecule has 3 rings (SSSR count). The Morgan fingerprint density at radius 3 is 2.00 bits per heavy atom. The molecule has 0 spiro atoms. The van der Waals surface area contributed by atoms with Crippen molar-refractivity contribution in [3.63, 3.8) is 0 Å². The predicted molar refractivity (Wildman–Crippen MR) is 124 cm³/mol. The van der Waals surface area contributed by atoms with E-state index >= 15 is 0 Å². The van der Waals surface area contributed by atoms with E-state index in [1.807, 2.05) is 45.9 Å². The average molecular weight is 405 g/mol. The van der Waals surface area contributed by atoms with E-state index in [4.69, 9.17) is 16.5 Å². The molecule has 0 saturated heterocycles. The highest BCUT2D eigenvalue weighted by Gasteiger charge is 2.29. The molecule has 6 heteroatoms. The van der Waals surface area contributed by atoms with Crippen molar-refractivity contribution in [3.8, 4) is 0 Å². The minimum Gasteiger partial charge on any atom is -0.505 e. The van der Waals surface area contributed by atoms with Gasteiger partial charge in [0, 0.05) is 28.2 Å². The van der Waals surface area contributed by atoms with Gasteiger partial charge in [-0.25, -0.2) is 4.99 Å². The fourth-order valence-corrected chi connectivity index (χ4v) is 3.41. The normalized spacial score (nSPS) is 15.9. The summed E-state index contributed by atoms with van der Waals surface area (Å²) in [4.78, 5) is 17.6. The van der Waals surface area contributed by atoms with E-state index in [-0.39, 0.29) is 17.1 Å². The van der Waals surface area contributed by atoms with Crippen LogP contribution in [0.15, 0.2) is 51.9 Å². The van der Waals surface area contributed by atoms with Crippen molar-refractivity contribution in [1.29, 1.82) is 0 Å². The Hall–Kier alpha value is -3.54. The second-order valence-electron chi connectivity index (χ2n) is 7.76. The molecule has 0 aliphatic heterocycles. The quantitative estimate of drug-likeness (QED) is 0.426. The summed E-state index contributed by atoms with van der Waals surface area (Å²) in [5.41, 5.74) is 20.2. The van der Waals surface area contributed by atoms with Crippen molar-refractivity contribution >= 4 is 34.2 Å². The first kappa shape index (κ1) is 21.2. The monoisotopic (exact) mass is 404 g/mol. The maximum atomic E-state index is 12.9. The Labute approximate surface area is 177 Å². The third kappa shape index (κ3) is 3.45. The van der Waals surface area contributed by atoms with Crippen LogP contribution < -0.4 is 16.8 Å². The fourth-order valence-electron chi connectivity index (χ4n) is 3.41. The van der Waals surface area contributed by atoms with Crippen molar-refractivity contribution in [2.24, 2.45) is 4.99 Å². The summed E-state index contributed by atoms with van der Waals surface area (Å²) < 4.78 is 0. The van der Waals surface area contributed by atoms with Crippen molar-refractivity contribution < 1.29 is 9.90 Å². The zero-order chi connectivity index (χ0) is 22.3. The van der Waals surface area contributed by atoms with Gasteiger partial charge in [0.05, 0.1) is 11.4 Å². The SMILES string of the molecule is CC1=C(O)C(=Nc2ccc(N)c(C)c2C)C(C)=C(Nc2ccc(N)c(C)c2C)C1=O. The van der Waals surface area contributed by atoms with Crippen LogP contribution in [-0.2, 0) is 4.79 Å². The third-order valence-corrected chi connectivity index (χ3v) is 6.00. The number of carbonyl (C=O) groups excluding carboxylic acids is 1. The van der Waals surface area contributed by atoms with Gasteiger partial charge in [0.25, 0.3) is 0 Å². The number of Topliss-reactive ketones (excluding diaryl/α,β-unsaturated/α-hetero) is 1. The van der Waals surface area contributed by atoms with E-state index in [1.165, 1.54) is 0 Å². The second-order valence-corrected chi connectivity index (χ2v) is 7.76. The highest BCUT2D eigenvalue weighted by molar-refractivity contribution is 6.27. The summed E-state index contributed by atoms with van der Waals surface area (Å²) in [7, 11) is 0. The van der Waals surface area contributed by atoms with Crippen molar-refractivity contribution in [2.45, 2.75) is 41.5 Å². The largest absolute Gasteiger partial charge is 0.505 e. The molecule has 0 atom stereocenters. The third-order valence-electron chi connectivity index (χ3n) is 6.00. The summed E-state index contributed by atoms with van der Waals surface area (Å²) in [5.74, 6) is -0.370. The number of hydrogen-bond donors (Lipinski definition) is 4. The van der Waals surface area contributed by atoms with Gasteiger partial charge in [0.2, 0.25) is 5.78 Å². The number of nitrogens with two attached hydrogens (primary N) is 2. The minimum atomic E-state index is -0.261. The summed E-state index contributed by atoms with van der Waals surface area (Å²) in [6.45, 7) is 11.1. The summed E-state index contributed by atoms with van der Waals surface area (Å²) in [6, 6.07) is 7.27. The number of aliphatic hydroxyl groups excluding tert-OH is 1. The van der Waals surface area contributed by atoms with Crippen molar-refractivity contribution in [2.75, 3.05) is 16.8 Å². The number of aliphatic imine (C=N–C) groups is 1. The molecule has 30 heavy (non-hydrogen) atoms. The van der Waals surface area contributed by atoms with Crippen LogP contribution in [0.1, 0.15) is 36.1 Å². The molecule has 0 amide bonds. The number of aliphatic hydroxyl groups is 1. The number of nitrogens with one attached hydrogen (secondary N) is 1. The van der Waals surface area contributed by atoms with Crippen molar-refractivity contribution in [1.82, 2.24) is 0 Å². The lowest BCUT2D eigenvalue weighted by atomic mass is 9.92. The molecule has 0 radical (unpaired) electrons. The van der Waals surface area contributed by atoms with Gasteiger partial charge in [-0.3, -0.25) is 4.79 Å². The van der Waals surface area contributed by atoms with Gasteiger partial charge in [-0.1, -0.05) is 0 Å². The topological polar surface area (TPSA) is 114 Å². The first-order valence-electron chi connectivity index (χ1n) is 9.77. The molecule has 6 N–H and O–H groups in total. The number of nitrogens with zero attached hydrogens (tertiary/aromatic N) is 1. The molecule has 6 nitrogen and oxygen atoms in total. The highest BCUT2D eigenvalue weighted by Crippen LogP contribution is 2.32. The molecule has 0 heterocycles. The Bertz CT molecular complexity index is 1170. The van der Waals surface area contributed by atoms with Crippen LogP contribution in [0.4, 0.5) is 22.7 Å². The number of carbonyl (C=O) groups is 1. The Balaban J connectivity index is 2.15. The summed E-state index contributed by atoms with van der Waals surface area (Å²) in [5, 5.41) is 13.9. The van der Waals surface area contributed by atoms with E-state index in [0.29, 0.717) is 34.0 Å². The standard InChI is InChI=1S/C24H28N4O2/c1-11-13(3)19(9-7-17(11)25)27-21-15(5)22(24(30)16(6)23(21)29)28-20-10-8-18(26)12(2)14(20)4/h7-10,27,30H,25-26H2,1-6H3. The lowest BCUT2D eigenvalue weighted by Gasteiger charge is -2.23. The van der Waals surface area contributed by atoms with E-state index < -0.39 is 0 Å². The van der Waals surface area contributed by atoms with Gasteiger partial charge < -0.3 is 21.9 Å². The molecule has 0 unspecified atom stereocenters. The summed E-state index contributed by atoms with van der Waals surface area (Å²) >= 11 is 0. The van der Waals surface area contributed by atoms with Gasteiger partial charge >= 0.3 is 0 Å². The van der Waals surface area contributed by atoms with Gasteiger partial charge in [-0.15, -0.1) is 0 Å². The van der Waals surface area contributed by atoms with Crippen LogP contribution in [0.25, 0.3) is 0 Å². The second kappa shape index (κ2) is 7.71. The zero-order valence-corrected chi connectivity index (χ0v) is 18.3. The van der Waals surface area contributed by atoms with Crippen LogP contribution >= 0.6 is 0 Å². The number of benzene rings is 2. The van der Waals surface area contributed by atoms with Gasteiger partial charge in [-0.2, -0.15) is 0 Å². The number of hydrogen-bond acceptors (Lipinski definition) is 6. The number of rotatable bonds is 3. The Kier molecular flexibility index (Phi) is 5.44. The first-order chi connectivity index (χ1) is 14.0. The summed E-state index contributed by atoms with van der Waals surface area (Å²) in [6.07, 6.45) is 0.